The van der Waals surface area contributed by atoms with E-state index in [1.54, 1.807) is 56.2 Å². The molecule has 0 aliphatic rings. The predicted molar refractivity (Wildman–Crippen MR) is 104 cm³/mol. The molecule has 9 heteroatoms. The van der Waals surface area contributed by atoms with Gasteiger partial charge in [-0.15, -0.1) is 4.40 Å². The van der Waals surface area contributed by atoms with Crippen LogP contribution in [0, 0.1) is 0 Å². The summed E-state index contributed by atoms with van der Waals surface area (Å²) in [6, 6.07) is 11.7. The first-order chi connectivity index (χ1) is 13.0. The topological polar surface area (TPSA) is 79.1 Å². The van der Waals surface area contributed by atoms with Crippen molar-refractivity contribution in [2.75, 3.05) is 27.9 Å². The third kappa shape index (κ3) is 3.85. The summed E-state index contributed by atoms with van der Waals surface area (Å²) >= 11 is 1.23. The van der Waals surface area contributed by atoms with Crippen molar-refractivity contribution >= 4 is 31.6 Å². The maximum Gasteiger partial charge on any atom is 0.285 e. The highest BCUT2D eigenvalue weighted by Gasteiger charge is 2.18. The summed E-state index contributed by atoms with van der Waals surface area (Å²) in [4.78, 5) is 0.466. The standard InChI is InChI=1S/C18H20N2O5S2/c1-23-12-11-20-16-14(24-2)9-10-15(25-3)17(16)26-18(20)19-27(21,22)13-7-5-4-6-8-13/h4-10H,11-12H2,1-3H3. The molecule has 27 heavy (non-hydrogen) atoms. The fourth-order valence-electron chi connectivity index (χ4n) is 2.66. The Kier molecular flexibility index (Phi) is 5.83. The molecule has 0 bridgehead atoms. The summed E-state index contributed by atoms with van der Waals surface area (Å²) < 4.78 is 48.2. The van der Waals surface area contributed by atoms with Gasteiger partial charge in [0.15, 0.2) is 0 Å². The second kappa shape index (κ2) is 8.12. The first-order valence-electron chi connectivity index (χ1n) is 8.11. The number of nitrogens with zero attached hydrogens (tertiary/aromatic N) is 2. The van der Waals surface area contributed by atoms with Crippen molar-refractivity contribution in [1.29, 1.82) is 0 Å². The van der Waals surface area contributed by atoms with E-state index in [1.807, 2.05) is 0 Å². The molecular formula is C18H20N2O5S2. The van der Waals surface area contributed by atoms with Crippen LogP contribution in [0.15, 0.2) is 51.8 Å². The van der Waals surface area contributed by atoms with Crippen molar-refractivity contribution in [2.45, 2.75) is 11.4 Å². The molecule has 0 spiro atoms. The fraction of sp³-hybridized carbons (Fsp3) is 0.278. The average Bonchev–Trinajstić information content (AvgIpc) is 3.03. The Labute approximate surface area is 161 Å². The van der Waals surface area contributed by atoms with Gasteiger partial charge >= 0.3 is 0 Å². The molecule has 0 unspecified atom stereocenters. The summed E-state index contributed by atoms with van der Waals surface area (Å²) in [6.45, 7) is 0.813. The van der Waals surface area contributed by atoms with E-state index in [1.165, 1.54) is 23.5 Å². The van der Waals surface area contributed by atoms with Crippen LogP contribution in [-0.4, -0.2) is 40.9 Å². The van der Waals surface area contributed by atoms with Gasteiger partial charge in [0, 0.05) is 13.7 Å². The molecule has 3 rings (SSSR count). The largest absolute Gasteiger partial charge is 0.495 e. The Bertz CT molecular complexity index is 1100. The van der Waals surface area contributed by atoms with Gasteiger partial charge in [0.1, 0.15) is 21.7 Å². The van der Waals surface area contributed by atoms with Crippen LogP contribution in [0.25, 0.3) is 10.2 Å². The molecule has 0 amide bonds. The van der Waals surface area contributed by atoms with Crippen molar-refractivity contribution in [3.05, 3.63) is 47.3 Å². The van der Waals surface area contributed by atoms with Gasteiger partial charge in [-0.05, 0) is 24.3 Å². The minimum Gasteiger partial charge on any atom is -0.495 e. The number of aromatic nitrogens is 1. The Morgan fingerprint density at radius 3 is 2.30 bits per heavy atom. The summed E-state index contributed by atoms with van der Waals surface area (Å²) in [5, 5.41) is 0. The van der Waals surface area contributed by atoms with E-state index in [9.17, 15) is 8.42 Å². The fourth-order valence-corrected chi connectivity index (χ4v) is 5.05. The molecule has 1 heterocycles. The van der Waals surface area contributed by atoms with Crippen LogP contribution in [-0.2, 0) is 21.3 Å². The van der Waals surface area contributed by atoms with E-state index in [-0.39, 0.29) is 4.90 Å². The van der Waals surface area contributed by atoms with Crippen molar-refractivity contribution in [3.63, 3.8) is 0 Å². The Balaban J connectivity index is 2.32. The zero-order valence-corrected chi connectivity index (χ0v) is 16.8. The Morgan fingerprint density at radius 2 is 1.67 bits per heavy atom. The predicted octanol–water partition coefficient (Wildman–Crippen LogP) is 2.66. The number of methoxy groups -OCH3 is 3. The quantitative estimate of drug-likeness (QED) is 0.601. The van der Waals surface area contributed by atoms with Crippen LogP contribution in [0.2, 0.25) is 0 Å². The third-order valence-electron chi connectivity index (χ3n) is 3.95. The number of fused-ring (bicyclic) bond motifs is 1. The van der Waals surface area contributed by atoms with Gasteiger partial charge in [-0.25, -0.2) is 0 Å². The van der Waals surface area contributed by atoms with E-state index in [0.717, 1.165) is 10.2 Å². The number of rotatable bonds is 7. The molecule has 7 nitrogen and oxygen atoms in total. The molecule has 0 radical (unpaired) electrons. The minimum absolute atomic E-state index is 0.139. The first kappa shape index (κ1) is 19.4. The van der Waals surface area contributed by atoms with E-state index in [4.69, 9.17) is 14.2 Å². The highest BCUT2D eigenvalue weighted by atomic mass is 32.2. The van der Waals surface area contributed by atoms with Gasteiger partial charge in [-0.3, -0.25) is 0 Å². The molecule has 1 aromatic heterocycles. The van der Waals surface area contributed by atoms with Crippen molar-refractivity contribution in [1.82, 2.24) is 4.57 Å². The van der Waals surface area contributed by atoms with Crippen LogP contribution in [0.5, 0.6) is 11.5 Å². The smallest absolute Gasteiger partial charge is 0.285 e. The van der Waals surface area contributed by atoms with Crippen LogP contribution in [0.4, 0.5) is 0 Å². The second-order valence-electron chi connectivity index (χ2n) is 5.56. The molecule has 0 saturated heterocycles. The van der Waals surface area contributed by atoms with E-state index >= 15 is 0 Å². The molecular weight excluding hydrogens is 388 g/mol. The highest BCUT2D eigenvalue weighted by Crippen LogP contribution is 2.35. The lowest BCUT2D eigenvalue weighted by Crippen LogP contribution is -2.19. The van der Waals surface area contributed by atoms with Crippen molar-refractivity contribution in [2.24, 2.45) is 4.40 Å². The second-order valence-corrected chi connectivity index (χ2v) is 8.14. The van der Waals surface area contributed by atoms with E-state index < -0.39 is 10.0 Å². The number of hydrogen-bond acceptors (Lipinski definition) is 6. The van der Waals surface area contributed by atoms with Crippen LogP contribution < -0.4 is 14.3 Å². The van der Waals surface area contributed by atoms with Gasteiger partial charge < -0.3 is 18.8 Å². The van der Waals surface area contributed by atoms with Crippen molar-refractivity contribution < 1.29 is 22.6 Å². The van der Waals surface area contributed by atoms with Crippen LogP contribution in [0.3, 0.4) is 0 Å². The average molecular weight is 409 g/mol. The summed E-state index contributed by atoms with van der Waals surface area (Å²) in [5.41, 5.74) is 0.723. The molecule has 144 valence electrons. The zero-order valence-electron chi connectivity index (χ0n) is 15.2. The molecule has 0 atom stereocenters. The number of thiazole rings is 1. The molecule has 0 aliphatic heterocycles. The number of ether oxygens (including phenoxy) is 3. The minimum atomic E-state index is -3.86. The first-order valence-corrected chi connectivity index (χ1v) is 10.4. The highest BCUT2D eigenvalue weighted by molar-refractivity contribution is 7.90. The molecule has 3 aromatic rings. The number of sulfonamides is 1. The summed E-state index contributed by atoms with van der Waals surface area (Å²) in [6.07, 6.45) is 0. The lowest BCUT2D eigenvalue weighted by Gasteiger charge is -2.09. The molecule has 0 N–H and O–H groups in total. The number of hydrogen-bond donors (Lipinski definition) is 0. The lowest BCUT2D eigenvalue weighted by molar-refractivity contribution is 0.187. The summed E-state index contributed by atoms with van der Waals surface area (Å²) in [5.74, 6) is 1.23. The van der Waals surface area contributed by atoms with Gasteiger partial charge in [-0.1, -0.05) is 29.5 Å². The SMILES string of the molecule is COCCn1c(=NS(=O)(=O)c2ccccc2)sc2c(OC)ccc(OC)c21. The third-order valence-corrected chi connectivity index (χ3v) is 6.44. The molecule has 0 aliphatic carbocycles. The van der Waals surface area contributed by atoms with Crippen LogP contribution >= 0.6 is 11.3 Å². The van der Waals surface area contributed by atoms with Crippen molar-refractivity contribution in [3.8, 4) is 11.5 Å². The number of benzene rings is 2. The maximum absolute atomic E-state index is 12.7. The zero-order chi connectivity index (χ0) is 19.4. The lowest BCUT2D eigenvalue weighted by atomic mass is 10.3. The molecule has 2 aromatic carbocycles. The monoisotopic (exact) mass is 408 g/mol. The Hall–Kier alpha value is -2.36. The summed E-state index contributed by atoms with van der Waals surface area (Å²) in [7, 11) is 0.866. The van der Waals surface area contributed by atoms with Gasteiger partial charge in [0.05, 0.1) is 25.7 Å². The maximum atomic E-state index is 12.7. The van der Waals surface area contributed by atoms with Crippen LogP contribution in [0.1, 0.15) is 0 Å². The van der Waals surface area contributed by atoms with Gasteiger partial charge in [0.2, 0.25) is 4.80 Å². The normalized spacial score (nSPS) is 12.5. The molecule has 0 fully saturated rings. The van der Waals surface area contributed by atoms with E-state index in [0.29, 0.717) is 29.5 Å². The Morgan fingerprint density at radius 1 is 1.00 bits per heavy atom. The molecule has 0 saturated carbocycles. The van der Waals surface area contributed by atoms with E-state index in [2.05, 4.69) is 4.40 Å². The van der Waals surface area contributed by atoms with Gasteiger partial charge in [0.25, 0.3) is 10.0 Å². The van der Waals surface area contributed by atoms with Gasteiger partial charge in [-0.2, -0.15) is 8.42 Å².